The lowest BCUT2D eigenvalue weighted by Gasteiger charge is -2.31. The molecular weight excluding hydrogens is 254 g/mol. The molecule has 1 aliphatic heterocycles. The zero-order valence-corrected chi connectivity index (χ0v) is 11.4. The minimum Gasteiger partial charge on any atom is -0.368 e. The number of primary amides is 1. The number of amides is 2. The summed E-state index contributed by atoms with van der Waals surface area (Å²) in [4.78, 5) is 30.4. The van der Waals surface area contributed by atoms with Crippen LogP contribution in [-0.2, 0) is 9.59 Å². The molecule has 1 saturated carbocycles. The second kappa shape index (κ2) is 4.89. The molecule has 1 aliphatic carbocycles. The number of nitrogens with two attached hydrogens (primary N) is 1. The Hall–Kier alpha value is -1.91. The summed E-state index contributed by atoms with van der Waals surface area (Å²) < 4.78 is 0. The number of carbonyl (C=O) groups excluding carboxylic acids is 2. The minimum absolute atomic E-state index is 0.0275. The van der Waals surface area contributed by atoms with E-state index in [1.54, 1.807) is 18.3 Å². The van der Waals surface area contributed by atoms with Crippen molar-refractivity contribution >= 4 is 17.6 Å². The van der Waals surface area contributed by atoms with Crippen molar-refractivity contribution in [3.05, 3.63) is 24.4 Å². The fourth-order valence-electron chi connectivity index (χ4n) is 3.58. The van der Waals surface area contributed by atoms with Gasteiger partial charge in [-0.1, -0.05) is 25.3 Å². The van der Waals surface area contributed by atoms with Gasteiger partial charge in [-0.25, -0.2) is 4.98 Å². The van der Waals surface area contributed by atoms with Gasteiger partial charge in [0.05, 0.1) is 5.41 Å². The van der Waals surface area contributed by atoms with Crippen molar-refractivity contribution < 1.29 is 9.59 Å². The molecule has 106 valence electrons. The predicted molar refractivity (Wildman–Crippen MR) is 74.8 cm³/mol. The fourth-order valence-corrected chi connectivity index (χ4v) is 3.58. The molecule has 5 nitrogen and oxygen atoms in total. The molecule has 1 aromatic rings. The topological polar surface area (TPSA) is 76.3 Å². The summed E-state index contributed by atoms with van der Waals surface area (Å²) in [5.41, 5.74) is 5.12. The van der Waals surface area contributed by atoms with Gasteiger partial charge in [-0.3, -0.25) is 14.5 Å². The average Bonchev–Trinajstić information content (AvgIpc) is 2.74. The van der Waals surface area contributed by atoms with Gasteiger partial charge in [0.25, 0.3) is 0 Å². The van der Waals surface area contributed by atoms with Crippen LogP contribution >= 0.6 is 0 Å². The van der Waals surface area contributed by atoms with E-state index in [0.29, 0.717) is 12.2 Å². The van der Waals surface area contributed by atoms with Crippen LogP contribution in [0.1, 0.15) is 38.5 Å². The van der Waals surface area contributed by atoms with Crippen LogP contribution in [0, 0.1) is 5.41 Å². The number of nitrogens with zero attached hydrogens (tertiary/aromatic N) is 2. The van der Waals surface area contributed by atoms with Crippen molar-refractivity contribution in [3.63, 3.8) is 0 Å². The van der Waals surface area contributed by atoms with Crippen LogP contribution < -0.4 is 10.6 Å². The van der Waals surface area contributed by atoms with Crippen molar-refractivity contribution in [2.75, 3.05) is 4.90 Å². The first-order valence-corrected chi connectivity index (χ1v) is 7.18. The Morgan fingerprint density at radius 3 is 2.65 bits per heavy atom. The number of aromatic nitrogens is 1. The van der Waals surface area contributed by atoms with E-state index < -0.39 is 17.4 Å². The predicted octanol–water partition coefficient (Wildman–Crippen LogP) is 1.62. The summed E-state index contributed by atoms with van der Waals surface area (Å²) in [5.74, 6) is 0.120. The lowest BCUT2D eigenvalue weighted by molar-refractivity contribution is -0.127. The molecule has 2 aliphatic rings. The molecular formula is C15H19N3O2. The Kier molecular flexibility index (Phi) is 3.20. The molecule has 2 N–H and O–H groups in total. The van der Waals surface area contributed by atoms with E-state index in [0.717, 1.165) is 25.7 Å². The molecule has 5 heteroatoms. The Labute approximate surface area is 118 Å². The van der Waals surface area contributed by atoms with Gasteiger partial charge in [-0.2, -0.15) is 0 Å². The second-order valence-corrected chi connectivity index (χ2v) is 5.83. The highest BCUT2D eigenvalue weighted by atomic mass is 16.2. The molecule has 1 aromatic heterocycles. The molecule has 0 aromatic carbocycles. The summed E-state index contributed by atoms with van der Waals surface area (Å²) in [6, 6.07) is 4.81. The van der Waals surface area contributed by atoms with Gasteiger partial charge in [-0.05, 0) is 31.4 Å². The quantitative estimate of drug-likeness (QED) is 0.889. The summed E-state index contributed by atoms with van der Waals surface area (Å²) in [5, 5.41) is 0. The highest BCUT2D eigenvalue weighted by Gasteiger charge is 2.54. The van der Waals surface area contributed by atoms with E-state index in [-0.39, 0.29) is 5.91 Å². The molecule has 0 bridgehead atoms. The molecule has 20 heavy (non-hydrogen) atoms. The smallest absolute Gasteiger partial charge is 0.240 e. The van der Waals surface area contributed by atoms with Crippen molar-refractivity contribution in [3.8, 4) is 0 Å². The third-order valence-corrected chi connectivity index (χ3v) is 4.60. The highest BCUT2D eigenvalue weighted by Crippen LogP contribution is 2.48. The number of carbonyl (C=O) groups is 2. The molecule has 1 unspecified atom stereocenters. The first-order chi connectivity index (χ1) is 9.64. The molecule has 0 radical (unpaired) electrons. The maximum Gasteiger partial charge on any atom is 0.240 e. The molecule has 2 heterocycles. The summed E-state index contributed by atoms with van der Waals surface area (Å²) >= 11 is 0. The van der Waals surface area contributed by atoms with E-state index in [4.69, 9.17) is 5.73 Å². The molecule has 2 amide bonds. The van der Waals surface area contributed by atoms with Gasteiger partial charge in [0.2, 0.25) is 11.8 Å². The van der Waals surface area contributed by atoms with E-state index in [9.17, 15) is 9.59 Å². The van der Waals surface area contributed by atoms with Gasteiger partial charge in [0.1, 0.15) is 11.9 Å². The molecule has 3 rings (SSSR count). The lowest BCUT2D eigenvalue weighted by Crippen LogP contribution is -2.43. The number of pyridine rings is 1. The first kappa shape index (κ1) is 13.1. The number of hydrogen-bond acceptors (Lipinski definition) is 3. The Morgan fingerprint density at radius 2 is 2.05 bits per heavy atom. The van der Waals surface area contributed by atoms with Crippen LogP contribution in [0.4, 0.5) is 5.82 Å². The number of rotatable bonds is 2. The van der Waals surface area contributed by atoms with Gasteiger partial charge in [0.15, 0.2) is 0 Å². The van der Waals surface area contributed by atoms with Gasteiger partial charge in [0, 0.05) is 6.20 Å². The average molecular weight is 273 g/mol. The summed E-state index contributed by atoms with van der Waals surface area (Å²) in [6.45, 7) is 0. The zero-order valence-electron chi connectivity index (χ0n) is 11.4. The van der Waals surface area contributed by atoms with Crippen LogP contribution in [0.2, 0.25) is 0 Å². The van der Waals surface area contributed by atoms with Crippen LogP contribution in [-0.4, -0.2) is 22.8 Å². The van der Waals surface area contributed by atoms with Crippen molar-refractivity contribution in [1.29, 1.82) is 0 Å². The summed E-state index contributed by atoms with van der Waals surface area (Å²) in [7, 11) is 0. The Bertz CT molecular complexity index is 523. The lowest BCUT2D eigenvalue weighted by atomic mass is 9.72. The molecule has 1 spiro atoms. The number of hydrogen-bond donors (Lipinski definition) is 1. The maximum absolute atomic E-state index is 12.9. The Balaban J connectivity index is 1.98. The van der Waals surface area contributed by atoms with Crippen molar-refractivity contribution in [2.45, 2.75) is 44.6 Å². The third-order valence-electron chi connectivity index (χ3n) is 4.60. The van der Waals surface area contributed by atoms with E-state index >= 15 is 0 Å². The van der Waals surface area contributed by atoms with Gasteiger partial charge >= 0.3 is 0 Å². The molecule has 2 fully saturated rings. The van der Waals surface area contributed by atoms with Crippen molar-refractivity contribution in [2.24, 2.45) is 11.1 Å². The van der Waals surface area contributed by atoms with Crippen LogP contribution in [0.5, 0.6) is 0 Å². The van der Waals surface area contributed by atoms with Crippen LogP contribution in [0.3, 0.4) is 0 Å². The summed E-state index contributed by atoms with van der Waals surface area (Å²) in [6.07, 6.45) is 7.16. The van der Waals surface area contributed by atoms with E-state index in [1.165, 1.54) is 11.3 Å². The third kappa shape index (κ3) is 1.97. The fraction of sp³-hybridized carbons (Fsp3) is 0.533. The van der Waals surface area contributed by atoms with E-state index in [1.807, 2.05) is 6.07 Å². The Morgan fingerprint density at radius 1 is 1.30 bits per heavy atom. The maximum atomic E-state index is 12.9. The first-order valence-electron chi connectivity index (χ1n) is 7.18. The monoisotopic (exact) mass is 273 g/mol. The van der Waals surface area contributed by atoms with Crippen LogP contribution in [0.15, 0.2) is 24.4 Å². The van der Waals surface area contributed by atoms with Gasteiger partial charge < -0.3 is 5.73 Å². The SMILES string of the molecule is NC(=O)C1CC2(CCCCC2)C(=O)N1c1ccccn1. The van der Waals surface area contributed by atoms with Crippen molar-refractivity contribution in [1.82, 2.24) is 4.98 Å². The normalized spacial score (nSPS) is 25.1. The standard InChI is InChI=1S/C15H19N3O2/c16-13(19)11-10-15(7-3-1-4-8-15)14(20)18(11)12-6-2-5-9-17-12/h2,5-6,9,11H,1,3-4,7-8,10H2,(H2,16,19). The van der Waals surface area contributed by atoms with Crippen LogP contribution in [0.25, 0.3) is 0 Å². The zero-order chi connectivity index (χ0) is 14.2. The second-order valence-electron chi connectivity index (χ2n) is 5.83. The van der Waals surface area contributed by atoms with E-state index in [2.05, 4.69) is 4.98 Å². The number of anilines is 1. The highest BCUT2D eigenvalue weighted by molar-refractivity contribution is 6.06. The molecule has 1 atom stereocenters. The largest absolute Gasteiger partial charge is 0.368 e. The van der Waals surface area contributed by atoms with Gasteiger partial charge in [-0.15, -0.1) is 0 Å². The minimum atomic E-state index is -0.560. The molecule has 1 saturated heterocycles.